The van der Waals surface area contributed by atoms with E-state index in [0.717, 1.165) is 18.2 Å². The molecule has 0 saturated heterocycles. The maximum Gasteiger partial charge on any atom is 0.417 e. The predicted molar refractivity (Wildman–Crippen MR) is 132 cm³/mol. The Labute approximate surface area is 228 Å². The van der Waals surface area contributed by atoms with Crippen molar-refractivity contribution < 1.29 is 32.4 Å². The number of benzene rings is 2. The summed E-state index contributed by atoms with van der Waals surface area (Å²) in [5, 5.41) is 21.2. The number of carbonyl (C=O) groups excluding carboxylic acids is 1. The van der Waals surface area contributed by atoms with E-state index >= 15 is 0 Å². The molecule has 0 aliphatic heterocycles. The minimum absolute atomic E-state index is 0.0653. The molecule has 38 heavy (non-hydrogen) atoms. The number of alkyl halides is 3. The van der Waals surface area contributed by atoms with Crippen molar-refractivity contribution in [1.82, 2.24) is 4.98 Å². The van der Waals surface area contributed by atoms with Crippen molar-refractivity contribution in [2.24, 2.45) is 0 Å². The molecule has 0 bridgehead atoms. The largest absolute Gasteiger partial charge is 0.473 e. The summed E-state index contributed by atoms with van der Waals surface area (Å²) in [7, 11) is 0. The van der Waals surface area contributed by atoms with Crippen LogP contribution < -0.4 is 9.47 Å². The number of nitriles is 1. The number of nitro groups is 1. The van der Waals surface area contributed by atoms with Gasteiger partial charge in [-0.1, -0.05) is 40.9 Å². The second-order valence-electron chi connectivity index (χ2n) is 8.20. The van der Waals surface area contributed by atoms with E-state index in [1.54, 1.807) is 0 Å². The van der Waals surface area contributed by atoms with Crippen LogP contribution in [0.3, 0.4) is 0 Å². The molecule has 0 amide bonds. The van der Waals surface area contributed by atoms with E-state index < -0.39 is 56.3 Å². The number of hydrogen-bond donors (Lipinski definition) is 0. The zero-order valence-corrected chi connectivity index (χ0v) is 21.6. The van der Waals surface area contributed by atoms with Crippen LogP contribution in [0.2, 0.25) is 15.1 Å². The van der Waals surface area contributed by atoms with E-state index in [4.69, 9.17) is 44.3 Å². The van der Waals surface area contributed by atoms with Crippen molar-refractivity contribution in [1.29, 1.82) is 5.26 Å². The smallest absolute Gasteiger partial charge is 0.417 e. The lowest BCUT2D eigenvalue weighted by atomic mass is 9.87. The van der Waals surface area contributed by atoms with Gasteiger partial charge in [0.2, 0.25) is 11.6 Å². The van der Waals surface area contributed by atoms with Crippen molar-refractivity contribution in [3.05, 3.63) is 85.0 Å². The Bertz CT molecular complexity index is 1460. The lowest BCUT2D eigenvalue weighted by molar-refractivity contribution is -0.386. The lowest BCUT2D eigenvalue weighted by Crippen LogP contribution is -2.41. The van der Waals surface area contributed by atoms with Crippen LogP contribution >= 0.6 is 34.8 Å². The van der Waals surface area contributed by atoms with Crippen molar-refractivity contribution in [2.75, 3.05) is 0 Å². The molecule has 3 aromatic rings. The van der Waals surface area contributed by atoms with Gasteiger partial charge in [-0.15, -0.1) is 0 Å². The number of ether oxygens (including phenoxy) is 2. The molecule has 198 valence electrons. The normalized spacial score (nSPS) is 12.4. The van der Waals surface area contributed by atoms with E-state index in [9.17, 15) is 33.3 Å². The number of halogens is 6. The predicted octanol–water partition coefficient (Wildman–Crippen LogP) is 7.79. The maximum atomic E-state index is 13.3. The summed E-state index contributed by atoms with van der Waals surface area (Å²) in [5.41, 5.74) is -3.29. The summed E-state index contributed by atoms with van der Waals surface area (Å²) in [5.74, 6) is -3.13. The van der Waals surface area contributed by atoms with Gasteiger partial charge in [-0.05, 0) is 43.7 Å². The number of rotatable bonds is 8. The molecule has 1 atom stereocenters. The first-order valence-corrected chi connectivity index (χ1v) is 11.5. The highest BCUT2D eigenvalue weighted by atomic mass is 35.5. The van der Waals surface area contributed by atoms with E-state index in [0.29, 0.717) is 12.3 Å². The van der Waals surface area contributed by atoms with Crippen LogP contribution in [-0.2, 0) is 11.0 Å². The molecule has 0 spiro atoms. The Morgan fingerprint density at radius 3 is 2.34 bits per heavy atom. The number of pyridine rings is 1. The summed E-state index contributed by atoms with van der Waals surface area (Å²) in [6.07, 6.45) is -4.17. The molecule has 2 aromatic carbocycles. The van der Waals surface area contributed by atoms with Crippen LogP contribution in [0.5, 0.6) is 17.4 Å². The van der Waals surface area contributed by atoms with E-state index in [1.165, 1.54) is 32.0 Å². The number of hydrogen-bond acceptors (Lipinski definition) is 7. The monoisotopic (exact) mass is 587 g/mol. The van der Waals surface area contributed by atoms with Gasteiger partial charge in [0.05, 0.1) is 16.6 Å². The topological polar surface area (TPSA) is 115 Å². The van der Waals surface area contributed by atoms with Crippen LogP contribution in [0.4, 0.5) is 18.9 Å². The summed E-state index contributed by atoms with van der Waals surface area (Å²) < 4.78 is 49.7. The SMILES string of the molecule is CC(C)(Oc1cc(Oc2ncc(C(F)(F)F)cc2Cl)ccc1[N+](=O)[O-])C(=O)C(C#N)c1ccc(Cl)cc1Cl. The highest BCUT2D eigenvalue weighted by molar-refractivity contribution is 6.35. The van der Waals surface area contributed by atoms with Crippen LogP contribution in [-0.4, -0.2) is 21.3 Å². The Kier molecular flexibility index (Phi) is 8.41. The van der Waals surface area contributed by atoms with Crippen molar-refractivity contribution >= 4 is 46.3 Å². The third kappa shape index (κ3) is 6.45. The minimum Gasteiger partial charge on any atom is -0.473 e. The number of nitrogens with zero attached hydrogens (tertiary/aromatic N) is 3. The molecule has 3 rings (SSSR count). The van der Waals surface area contributed by atoms with Crippen LogP contribution in [0.15, 0.2) is 48.7 Å². The van der Waals surface area contributed by atoms with Gasteiger partial charge in [-0.3, -0.25) is 14.9 Å². The van der Waals surface area contributed by atoms with Crippen LogP contribution in [0.1, 0.15) is 30.9 Å². The van der Waals surface area contributed by atoms with Gasteiger partial charge in [-0.2, -0.15) is 18.4 Å². The molecule has 0 aliphatic carbocycles. The van der Waals surface area contributed by atoms with E-state index in [-0.39, 0.29) is 21.4 Å². The Morgan fingerprint density at radius 2 is 1.79 bits per heavy atom. The molecule has 1 unspecified atom stereocenters. The fourth-order valence-electron chi connectivity index (χ4n) is 3.24. The number of nitro benzene ring substituents is 1. The molecule has 0 radical (unpaired) electrons. The van der Waals surface area contributed by atoms with Gasteiger partial charge in [-0.25, -0.2) is 4.98 Å². The number of ketones is 1. The number of aromatic nitrogens is 1. The second kappa shape index (κ2) is 11.0. The first-order chi connectivity index (χ1) is 17.6. The summed E-state index contributed by atoms with van der Waals surface area (Å²) >= 11 is 17.9. The molecule has 0 N–H and O–H groups in total. The third-order valence-electron chi connectivity index (χ3n) is 5.10. The van der Waals surface area contributed by atoms with Gasteiger partial charge in [0.1, 0.15) is 16.7 Å². The molecule has 0 aliphatic rings. The summed E-state index contributed by atoms with van der Waals surface area (Å²) in [4.78, 5) is 27.7. The highest BCUT2D eigenvalue weighted by Crippen LogP contribution is 2.39. The first-order valence-electron chi connectivity index (χ1n) is 10.4. The summed E-state index contributed by atoms with van der Waals surface area (Å²) in [6.45, 7) is 2.60. The fourth-order valence-corrected chi connectivity index (χ4v) is 3.96. The molecule has 1 aromatic heterocycles. The van der Waals surface area contributed by atoms with Gasteiger partial charge < -0.3 is 9.47 Å². The maximum absolute atomic E-state index is 13.3. The minimum atomic E-state index is -4.68. The van der Waals surface area contributed by atoms with Gasteiger partial charge >= 0.3 is 11.9 Å². The highest BCUT2D eigenvalue weighted by Gasteiger charge is 2.39. The quantitative estimate of drug-likeness (QED) is 0.195. The summed E-state index contributed by atoms with van der Waals surface area (Å²) in [6, 6.07) is 9.85. The average molecular weight is 589 g/mol. The van der Waals surface area contributed by atoms with Crippen LogP contribution in [0, 0.1) is 21.4 Å². The first kappa shape index (κ1) is 29.0. The van der Waals surface area contributed by atoms with Gasteiger partial charge in [0.15, 0.2) is 11.4 Å². The van der Waals surface area contributed by atoms with Crippen molar-refractivity contribution in [3.8, 4) is 23.4 Å². The lowest BCUT2D eigenvalue weighted by Gasteiger charge is -2.27. The van der Waals surface area contributed by atoms with E-state index in [1.807, 2.05) is 6.07 Å². The van der Waals surface area contributed by atoms with Crippen LogP contribution in [0.25, 0.3) is 0 Å². The second-order valence-corrected chi connectivity index (χ2v) is 9.45. The Hall–Kier alpha value is -3.59. The average Bonchev–Trinajstić information content (AvgIpc) is 2.81. The van der Waals surface area contributed by atoms with Gasteiger partial charge in [0.25, 0.3) is 0 Å². The number of Topliss-reactive ketones (excluding diaryl/α,β-unsaturated/α-hetero) is 1. The molecule has 0 saturated carbocycles. The zero-order chi connectivity index (χ0) is 28.4. The molecular formula is C24H15Cl3F3N3O5. The fraction of sp³-hybridized carbons (Fsp3) is 0.208. The van der Waals surface area contributed by atoms with Crippen molar-refractivity contribution in [2.45, 2.75) is 31.5 Å². The molecule has 0 fully saturated rings. The van der Waals surface area contributed by atoms with Gasteiger partial charge in [0, 0.05) is 28.4 Å². The zero-order valence-electron chi connectivity index (χ0n) is 19.3. The Balaban J connectivity index is 1.94. The number of carbonyl (C=O) groups is 1. The molecule has 14 heteroatoms. The third-order valence-corrected chi connectivity index (χ3v) is 5.93. The molecular weight excluding hydrogens is 574 g/mol. The molecule has 1 heterocycles. The van der Waals surface area contributed by atoms with Crippen molar-refractivity contribution in [3.63, 3.8) is 0 Å². The molecule has 8 nitrogen and oxygen atoms in total. The Morgan fingerprint density at radius 1 is 1.11 bits per heavy atom. The standard InChI is InChI=1S/C24H15Cl3F3N3O5/c1-23(2,21(34)16(10-31)15-5-3-13(25)8-17(15)26)38-20-9-14(4-6-19(20)33(35)36)37-22-18(27)7-12(11-32-22)24(28,29)30/h3-9,11,16H,1-2H3. The van der Waals surface area contributed by atoms with E-state index in [2.05, 4.69) is 4.98 Å².